The average molecular weight is 404 g/mol. The number of halogens is 2. The van der Waals surface area contributed by atoms with Crippen molar-refractivity contribution in [1.82, 2.24) is 0 Å². The normalized spacial score (nSPS) is 14.8. The van der Waals surface area contributed by atoms with Gasteiger partial charge in [0.2, 0.25) is 5.78 Å². The Kier molecular flexibility index (Phi) is 4.34. The summed E-state index contributed by atoms with van der Waals surface area (Å²) in [4.78, 5) is 21.8. The van der Waals surface area contributed by atoms with Gasteiger partial charge in [-0.15, -0.1) is 0 Å². The van der Waals surface area contributed by atoms with Crippen LogP contribution in [0.25, 0.3) is 0 Å². The van der Waals surface area contributed by atoms with Gasteiger partial charge in [0.1, 0.15) is 0 Å². The van der Waals surface area contributed by atoms with Gasteiger partial charge in [0.15, 0.2) is 9.84 Å². The topological polar surface area (TPSA) is 94.3 Å². The molecule has 1 unspecified atom stereocenters. The molecule has 1 atom stereocenters. The molecule has 0 bridgehead atoms. The predicted molar refractivity (Wildman–Crippen MR) is 74.9 cm³/mol. The third-order valence-electron chi connectivity index (χ3n) is 2.05. The van der Waals surface area contributed by atoms with Gasteiger partial charge in [-0.2, -0.15) is 0 Å². The van der Waals surface area contributed by atoms with Gasteiger partial charge in [-0.3, -0.25) is 14.9 Å². The molecule has 0 fully saturated rings. The number of carbonyl (C=O) groups is 1. The number of non-ortho nitro benzene ring substituents is 1. The smallest absolute Gasteiger partial charge is 0.270 e. The Morgan fingerprint density at radius 3 is 2.50 bits per heavy atom. The molecule has 1 aromatic rings. The third kappa shape index (κ3) is 2.98. The average Bonchev–Trinajstić information content (AvgIpc) is 2.26. The van der Waals surface area contributed by atoms with Crippen LogP contribution in [0.15, 0.2) is 24.3 Å². The summed E-state index contributed by atoms with van der Waals surface area (Å²) in [6.45, 7) is 0. The molecule has 0 aliphatic carbocycles. The van der Waals surface area contributed by atoms with Crippen LogP contribution in [0, 0.1) is 10.1 Å². The van der Waals surface area contributed by atoms with E-state index in [0.717, 1.165) is 12.3 Å². The van der Waals surface area contributed by atoms with E-state index in [9.17, 15) is 23.3 Å². The van der Waals surface area contributed by atoms with Gasteiger partial charge >= 0.3 is 0 Å². The highest BCUT2D eigenvalue weighted by Crippen LogP contribution is 2.34. The van der Waals surface area contributed by atoms with Crippen molar-refractivity contribution in [2.24, 2.45) is 0 Å². The fraction of sp³-hybridized carbons (Fsp3) is 0.222. The fourth-order valence-electron chi connectivity index (χ4n) is 1.10. The number of hydrogen-bond acceptors (Lipinski definition) is 5. The molecule has 1 rings (SSSR count). The highest BCUT2D eigenvalue weighted by Gasteiger charge is 2.44. The number of nitrogens with zero attached hydrogens (tertiary/aromatic N) is 1. The highest BCUT2D eigenvalue weighted by molar-refractivity contribution is 14.1. The first kappa shape index (κ1) is 15.3. The zero-order valence-corrected chi connectivity index (χ0v) is 12.7. The molecule has 6 nitrogen and oxygen atoms in total. The van der Waals surface area contributed by atoms with Crippen molar-refractivity contribution in [3.8, 4) is 0 Å². The molecule has 0 radical (unpaired) electrons. The molecule has 98 valence electrons. The summed E-state index contributed by atoms with van der Waals surface area (Å²) in [5.41, 5.74) is -0.433. The Balaban J connectivity index is 3.28. The summed E-state index contributed by atoms with van der Waals surface area (Å²) in [6, 6.07) is 4.75. The molecule has 1 aromatic carbocycles. The number of Topliss-reactive ketones (excluding diaryl/α,β-unsaturated/α-hetero) is 1. The molecule has 0 saturated heterocycles. The second-order valence-electron chi connectivity index (χ2n) is 3.43. The van der Waals surface area contributed by atoms with E-state index in [1.807, 2.05) is 0 Å². The molecular formula is C9H7ClINO5S. The molecule has 0 spiro atoms. The van der Waals surface area contributed by atoms with E-state index in [1.165, 1.54) is 40.8 Å². The standard InChI is InChI=1S/C9H7ClINO5S/c1-18(16,17)9(10,11)8(13)6-3-2-4-7(5-6)12(14)15/h2-5H,1H3. The predicted octanol–water partition coefficient (Wildman–Crippen LogP) is 2.15. The second kappa shape index (κ2) is 5.10. The maximum absolute atomic E-state index is 11.9. The number of nitro groups is 1. The van der Waals surface area contributed by atoms with E-state index >= 15 is 0 Å². The maximum atomic E-state index is 11.9. The summed E-state index contributed by atoms with van der Waals surface area (Å²) in [5, 5.41) is 10.6. The van der Waals surface area contributed by atoms with Gasteiger partial charge in [-0.05, 0) is 22.6 Å². The minimum atomic E-state index is -3.85. The Bertz CT molecular complexity index is 613. The van der Waals surface area contributed by atoms with Gasteiger partial charge in [-0.1, -0.05) is 23.7 Å². The Morgan fingerprint density at radius 1 is 1.50 bits per heavy atom. The van der Waals surface area contributed by atoms with Crippen LogP contribution in [0.2, 0.25) is 0 Å². The van der Waals surface area contributed by atoms with Crippen LogP contribution >= 0.6 is 34.2 Å². The van der Waals surface area contributed by atoms with Crippen LogP contribution in [0.3, 0.4) is 0 Å². The Morgan fingerprint density at radius 2 is 2.06 bits per heavy atom. The number of carbonyl (C=O) groups excluding carboxylic acids is 1. The first-order chi connectivity index (χ1) is 8.07. The fourth-order valence-corrected chi connectivity index (χ4v) is 1.97. The van der Waals surface area contributed by atoms with E-state index in [2.05, 4.69) is 0 Å². The van der Waals surface area contributed by atoms with Crippen LogP contribution < -0.4 is 0 Å². The summed E-state index contributed by atoms with van der Waals surface area (Å²) in [7, 11) is -3.85. The number of sulfone groups is 1. The summed E-state index contributed by atoms with van der Waals surface area (Å²) in [5.74, 6) is -0.907. The molecule has 0 saturated carbocycles. The van der Waals surface area contributed by atoms with Crippen molar-refractivity contribution >= 4 is 55.5 Å². The Labute approximate surface area is 122 Å². The minimum absolute atomic E-state index is 0.126. The zero-order chi connectivity index (χ0) is 14.1. The van der Waals surface area contributed by atoms with E-state index in [1.54, 1.807) is 0 Å². The van der Waals surface area contributed by atoms with Crippen LogP contribution in [0.5, 0.6) is 0 Å². The summed E-state index contributed by atoms with van der Waals surface area (Å²) >= 11 is 7.01. The lowest BCUT2D eigenvalue weighted by Gasteiger charge is -2.16. The molecule has 0 amide bonds. The molecule has 0 aliphatic rings. The second-order valence-corrected chi connectivity index (χ2v) is 9.36. The van der Waals surface area contributed by atoms with Gasteiger partial charge < -0.3 is 0 Å². The molecule has 0 N–H and O–H groups in total. The van der Waals surface area contributed by atoms with Gasteiger partial charge in [0.05, 0.1) is 4.92 Å². The largest absolute Gasteiger partial charge is 0.290 e. The van der Waals surface area contributed by atoms with E-state index in [0.29, 0.717) is 0 Å². The lowest BCUT2D eigenvalue weighted by Crippen LogP contribution is -2.34. The van der Waals surface area contributed by atoms with Gasteiger partial charge in [0, 0.05) is 24.0 Å². The number of rotatable bonds is 4. The van der Waals surface area contributed by atoms with Gasteiger partial charge in [0.25, 0.3) is 7.90 Å². The van der Waals surface area contributed by atoms with Crippen molar-refractivity contribution in [3.05, 3.63) is 39.9 Å². The number of benzene rings is 1. The maximum Gasteiger partial charge on any atom is 0.270 e. The first-order valence-electron chi connectivity index (χ1n) is 4.44. The van der Waals surface area contributed by atoms with Crippen LogP contribution in [0.1, 0.15) is 10.4 Å². The summed E-state index contributed by atoms with van der Waals surface area (Å²) in [6.07, 6.45) is 0.821. The molecule has 9 heteroatoms. The molecule has 18 heavy (non-hydrogen) atoms. The van der Waals surface area contributed by atoms with Gasteiger partial charge in [-0.25, -0.2) is 8.42 Å². The first-order valence-corrected chi connectivity index (χ1v) is 7.79. The van der Waals surface area contributed by atoms with Crippen LogP contribution in [0.4, 0.5) is 5.69 Å². The lowest BCUT2D eigenvalue weighted by molar-refractivity contribution is -0.384. The summed E-state index contributed by atoms with van der Waals surface area (Å²) < 4.78 is 20.6. The molecular weight excluding hydrogens is 397 g/mol. The SMILES string of the molecule is CS(=O)(=O)C(Cl)(I)C(=O)c1cccc([N+](=O)[O-])c1. The van der Waals surface area contributed by atoms with Crippen molar-refractivity contribution < 1.29 is 18.1 Å². The highest BCUT2D eigenvalue weighted by atomic mass is 127. The van der Waals surface area contributed by atoms with E-state index in [-0.39, 0.29) is 11.3 Å². The third-order valence-corrected chi connectivity index (χ3v) is 7.07. The quantitative estimate of drug-likeness (QED) is 0.252. The van der Waals surface area contributed by atoms with E-state index < -0.39 is 22.8 Å². The molecule has 0 heterocycles. The number of nitro benzene ring substituents is 1. The molecule has 0 aromatic heterocycles. The zero-order valence-electron chi connectivity index (χ0n) is 8.96. The van der Waals surface area contributed by atoms with E-state index in [4.69, 9.17) is 11.6 Å². The number of alkyl halides is 2. The Hall–Kier alpha value is -0.740. The minimum Gasteiger partial charge on any atom is -0.290 e. The lowest BCUT2D eigenvalue weighted by atomic mass is 10.1. The molecule has 0 aliphatic heterocycles. The monoisotopic (exact) mass is 403 g/mol. The van der Waals surface area contributed by atoms with Crippen LogP contribution in [-0.2, 0) is 9.84 Å². The van der Waals surface area contributed by atoms with Crippen molar-refractivity contribution in [1.29, 1.82) is 0 Å². The van der Waals surface area contributed by atoms with Crippen molar-refractivity contribution in [3.63, 3.8) is 0 Å². The number of ketones is 1. The number of hydrogen-bond donors (Lipinski definition) is 0. The van der Waals surface area contributed by atoms with Crippen LogP contribution in [-0.4, -0.2) is 27.6 Å². The van der Waals surface area contributed by atoms with Crippen molar-refractivity contribution in [2.75, 3.05) is 6.26 Å². The van der Waals surface area contributed by atoms with Crippen molar-refractivity contribution in [2.45, 2.75) is 2.21 Å².